The fraction of sp³-hybridized carbons (Fsp3) is 0.222. The molecule has 0 radical (unpaired) electrons. The van der Waals surface area contributed by atoms with Crippen molar-refractivity contribution in [2.45, 2.75) is 13.3 Å². The van der Waals surface area contributed by atoms with Crippen molar-refractivity contribution in [3.05, 3.63) is 32.7 Å². The van der Waals surface area contributed by atoms with Crippen LogP contribution in [0.4, 0.5) is 0 Å². The monoisotopic (exact) mass is 224 g/mol. The van der Waals surface area contributed by atoms with Crippen molar-refractivity contribution in [3.8, 4) is 0 Å². The van der Waals surface area contributed by atoms with Gasteiger partial charge in [-0.1, -0.05) is 0 Å². The second-order valence-corrected chi connectivity index (χ2v) is 4.52. The van der Waals surface area contributed by atoms with Crippen LogP contribution in [-0.2, 0) is 6.42 Å². The number of carbonyl (C=O) groups is 1. The van der Waals surface area contributed by atoms with E-state index in [1.54, 1.807) is 10.9 Å². The molecule has 3 nitrogen and oxygen atoms in total. The second kappa shape index (κ2) is 3.98. The fourth-order valence-electron chi connectivity index (χ4n) is 1.06. The Morgan fingerprint density at radius 2 is 2.36 bits per heavy atom. The number of Topliss-reactive ketones (excluding diaryl/α,β-unsaturated/α-hetero) is 1. The Morgan fingerprint density at radius 3 is 2.93 bits per heavy atom. The van der Waals surface area contributed by atoms with E-state index in [-0.39, 0.29) is 5.78 Å². The predicted octanol–water partition coefficient (Wildman–Crippen LogP) is 2.33. The van der Waals surface area contributed by atoms with Crippen molar-refractivity contribution in [1.29, 1.82) is 0 Å². The first-order chi connectivity index (χ1) is 6.75. The smallest absolute Gasteiger partial charge is 0.188 e. The minimum Gasteiger partial charge on any atom is -0.292 e. The number of hydrogen-bond acceptors (Lipinski definition) is 5. The van der Waals surface area contributed by atoms with Gasteiger partial charge < -0.3 is 0 Å². The van der Waals surface area contributed by atoms with Gasteiger partial charge in [0.2, 0.25) is 0 Å². The van der Waals surface area contributed by atoms with Gasteiger partial charge in [-0.15, -0.1) is 22.7 Å². The zero-order valence-corrected chi connectivity index (χ0v) is 9.19. The highest BCUT2D eigenvalue weighted by molar-refractivity contribution is 7.09. The molecule has 0 aliphatic heterocycles. The van der Waals surface area contributed by atoms with Crippen molar-refractivity contribution in [2.24, 2.45) is 0 Å². The lowest BCUT2D eigenvalue weighted by Gasteiger charge is -1.91. The molecule has 0 atom stereocenters. The van der Waals surface area contributed by atoms with Gasteiger partial charge in [-0.05, 0) is 6.92 Å². The van der Waals surface area contributed by atoms with Crippen LogP contribution in [0.1, 0.15) is 21.2 Å². The van der Waals surface area contributed by atoms with Crippen LogP contribution in [0.3, 0.4) is 0 Å². The Hall–Kier alpha value is -1.07. The van der Waals surface area contributed by atoms with Crippen LogP contribution in [0.25, 0.3) is 0 Å². The third-order valence-electron chi connectivity index (χ3n) is 1.70. The summed E-state index contributed by atoms with van der Waals surface area (Å²) >= 11 is 2.95. The van der Waals surface area contributed by atoms with E-state index < -0.39 is 0 Å². The van der Waals surface area contributed by atoms with Crippen molar-refractivity contribution < 1.29 is 4.79 Å². The van der Waals surface area contributed by atoms with Gasteiger partial charge in [0.05, 0.1) is 11.9 Å². The van der Waals surface area contributed by atoms with Gasteiger partial charge >= 0.3 is 0 Å². The van der Waals surface area contributed by atoms with Crippen LogP contribution in [0.5, 0.6) is 0 Å². The molecular formula is C9H8N2OS2. The van der Waals surface area contributed by atoms with Gasteiger partial charge in [0.15, 0.2) is 5.78 Å². The molecule has 14 heavy (non-hydrogen) atoms. The molecule has 2 aromatic rings. The molecular weight excluding hydrogens is 216 g/mol. The topological polar surface area (TPSA) is 42.9 Å². The quantitative estimate of drug-likeness (QED) is 0.751. The van der Waals surface area contributed by atoms with Crippen molar-refractivity contribution in [3.63, 3.8) is 0 Å². The molecule has 0 N–H and O–H groups in total. The van der Waals surface area contributed by atoms with Crippen LogP contribution < -0.4 is 0 Å². The molecule has 2 heterocycles. The summed E-state index contributed by atoms with van der Waals surface area (Å²) < 4.78 is 0. The van der Waals surface area contributed by atoms with Crippen LogP contribution in [-0.4, -0.2) is 15.8 Å². The molecule has 2 aromatic heterocycles. The minimum atomic E-state index is 0.0422. The van der Waals surface area contributed by atoms with E-state index >= 15 is 0 Å². The van der Waals surface area contributed by atoms with Crippen LogP contribution in [0.15, 0.2) is 16.3 Å². The molecule has 0 spiro atoms. The second-order valence-electron chi connectivity index (χ2n) is 2.86. The van der Waals surface area contributed by atoms with E-state index in [9.17, 15) is 4.79 Å². The highest BCUT2D eigenvalue weighted by Crippen LogP contribution is 2.12. The summed E-state index contributed by atoms with van der Waals surface area (Å²) in [6.07, 6.45) is 0.363. The van der Waals surface area contributed by atoms with E-state index in [1.807, 2.05) is 12.3 Å². The number of hydrogen-bond donors (Lipinski definition) is 0. The highest BCUT2D eigenvalue weighted by Gasteiger charge is 2.10. The Bertz CT molecular complexity index is 433. The van der Waals surface area contributed by atoms with Crippen LogP contribution in [0.2, 0.25) is 0 Å². The van der Waals surface area contributed by atoms with E-state index in [0.717, 1.165) is 10.7 Å². The molecule has 0 bridgehead atoms. The maximum atomic E-state index is 11.6. The van der Waals surface area contributed by atoms with Gasteiger partial charge in [-0.25, -0.2) is 9.97 Å². The zero-order valence-electron chi connectivity index (χ0n) is 7.56. The Balaban J connectivity index is 2.09. The minimum absolute atomic E-state index is 0.0422. The molecule has 5 heteroatoms. The molecule has 0 aliphatic rings. The standard InChI is InChI=1S/C9H8N2OS2/c1-6-3-14-9(11-6)2-8(12)7-4-13-5-10-7/h3-5H,2H2,1H3. The molecule has 2 rings (SSSR count). The summed E-state index contributed by atoms with van der Waals surface area (Å²) in [5.74, 6) is 0.0422. The first kappa shape index (κ1) is 9.48. The Labute approximate surface area is 89.5 Å². The van der Waals surface area contributed by atoms with E-state index in [1.165, 1.54) is 22.7 Å². The van der Waals surface area contributed by atoms with Gasteiger partial charge in [0.1, 0.15) is 10.7 Å². The highest BCUT2D eigenvalue weighted by atomic mass is 32.1. The summed E-state index contributed by atoms with van der Waals surface area (Å²) in [7, 11) is 0. The number of nitrogens with zero attached hydrogens (tertiary/aromatic N) is 2. The van der Waals surface area contributed by atoms with Crippen LogP contribution >= 0.6 is 22.7 Å². The largest absolute Gasteiger partial charge is 0.292 e. The van der Waals surface area contributed by atoms with Crippen LogP contribution in [0, 0.1) is 6.92 Å². The number of aryl methyl sites for hydroxylation is 1. The Morgan fingerprint density at radius 1 is 1.50 bits per heavy atom. The van der Waals surface area contributed by atoms with Crippen molar-refractivity contribution in [2.75, 3.05) is 0 Å². The number of carbonyl (C=O) groups excluding carboxylic acids is 1. The number of thiazole rings is 2. The Kier molecular flexibility index (Phi) is 2.69. The normalized spacial score (nSPS) is 10.4. The van der Waals surface area contributed by atoms with Gasteiger partial charge in [-0.2, -0.15) is 0 Å². The SMILES string of the molecule is Cc1csc(CC(=O)c2cscn2)n1. The first-order valence-electron chi connectivity index (χ1n) is 4.08. The van der Waals surface area contributed by atoms with Gasteiger partial charge in [0, 0.05) is 16.5 Å². The molecule has 0 amide bonds. The van der Waals surface area contributed by atoms with E-state index in [2.05, 4.69) is 9.97 Å². The van der Waals surface area contributed by atoms with Crippen molar-refractivity contribution in [1.82, 2.24) is 9.97 Å². The molecule has 0 saturated heterocycles. The molecule has 0 unspecified atom stereocenters. The maximum Gasteiger partial charge on any atom is 0.188 e. The van der Waals surface area contributed by atoms with Gasteiger partial charge in [-0.3, -0.25) is 4.79 Å². The number of rotatable bonds is 3. The first-order valence-corrected chi connectivity index (χ1v) is 5.90. The summed E-state index contributed by atoms with van der Waals surface area (Å²) in [5, 5.41) is 4.58. The lowest BCUT2D eigenvalue weighted by Crippen LogP contribution is -2.03. The molecule has 0 fully saturated rings. The lowest BCUT2D eigenvalue weighted by molar-refractivity contribution is 0.0989. The summed E-state index contributed by atoms with van der Waals surface area (Å²) in [4.78, 5) is 19.8. The zero-order chi connectivity index (χ0) is 9.97. The molecule has 0 aliphatic carbocycles. The molecule has 72 valence electrons. The average molecular weight is 224 g/mol. The third kappa shape index (κ3) is 2.05. The summed E-state index contributed by atoms with van der Waals surface area (Å²) in [5.41, 5.74) is 3.18. The van der Waals surface area contributed by atoms with E-state index in [4.69, 9.17) is 0 Å². The summed E-state index contributed by atoms with van der Waals surface area (Å²) in [6.45, 7) is 1.92. The molecule has 0 aromatic carbocycles. The number of ketones is 1. The molecule has 0 saturated carbocycles. The van der Waals surface area contributed by atoms with Gasteiger partial charge in [0.25, 0.3) is 0 Å². The maximum absolute atomic E-state index is 11.6. The summed E-state index contributed by atoms with van der Waals surface area (Å²) in [6, 6.07) is 0. The van der Waals surface area contributed by atoms with Crippen molar-refractivity contribution >= 4 is 28.5 Å². The number of aromatic nitrogens is 2. The predicted molar refractivity (Wildman–Crippen MR) is 57.0 cm³/mol. The lowest BCUT2D eigenvalue weighted by atomic mass is 10.2. The fourth-order valence-corrected chi connectivity index (χ4v) is 2.39. The third-order valence-corrected chi connectivity index (χ3v) is 3.25. The average Bonchev–Trinajstić information content (AvgIpc) is 2.75. The van der Waals surface area contributed by atoms with E-state index in [0.29, 0.717) is 12.1 Å².